The molecule has 0 saturated heterocycles. The molecule has 0 bridgehead atoms. The number of hydrogen-bond donors (Lipinski definition) is 3. The summed E-state index contributed by atoms with van der Waals surface area (Å²) in [5.74, 6) is -1.09. The molecule has 1 aromatic carbocycles. The average molecular weight is 280 g/mol. The fraction of sp³-hybridized carbons (Fsp3) is 0.429. The number of amides is 2. The van der Waals surface area contributed by atoms with E-state index in [0.29, 0.717) is 24.2 Å². The first-order valence-electron chi connectivity index (χ1n) is 6.36. The first-order chi connectivity index (χ1) is 9.32. The zero-order valence-electron chi connectivity index (χ0n) is 11.9. The highest BCUT2D eigenvalue weighted by Gasteiger charge is 2.16. The van der Waals surface area contributed by atoms with Crippen LogP contribution in [0.25, 0.3) is 0 Å². The number of nitrogens with one attached hydrogen (secondary N) is 1. The summed E-state index contributed by atoms with van der Waals surface area (Å²) in [5.41, 5.74) is 1.04. The first kappa shape index (κ1) is 16.0. The van der Waals surface area contributed by atoms with Crippen LogP contribution in [0, 0.1) is 6.92 Å². The van der Waals surface area contributed by atoms with Crippen LogP contribution in [0.2, 0.25) is 0 Å². The number of anilines is 1. The van der Waals surface area contributed by atoms with Crippen LogP contribution in [0.4, 0.5) is 10.5 Å². The Kier molecular flexibility index (Phi) is 5.52. The highest BCUT2D eigenvalue weighted by Crippen LogP contribution is 2.21. The fourth-order valence-corrected chi connectivity index (χ4v) is 1.70. The van der Waals surface area contributed by atoms with Crippen molar-refractivity contribution in [2.24, 2.45) is 0 Å². The number of nitrogens with zero attached hydrogens (tertiary/aromatic N) is 1. The molecular formula is C14H20N2O4. The van der Waals surface area contributed by atoms with Gasteiger partial charge in [0.25, 0.3) is 0 Å². The van der Waals surface area contributed by atoms with Crippen LogP contribution in [0.15, 0.2) is 18.2 Å². The van der Waals surface area contributed by atoms with Crippen molar-refractivity contribution in [2.75, 3.05) is 18.9 Å². The Bertz CT molecular complexity index is 500. The molecule has 1 atom stereocenters. The molecule has 0 aliphatic rings. The molecule has 6 nitrogen and oxygen atoms in total. The molecule has 0 aliphatic heterocycles. The minimum atomic E-state index is -1.09. The first-order valence-corrected chi connectivity index (χ1v) is 6.36. The smallest absolute Gasteiger partial charge is 0.337 e. The van der Waals surface area contributed by atoms with Crippen molar-refractivity contribution in [3.63, 3.8) is 0 Å². The molecule has 110 valence electrons. The van der Waals surface area contributed by atoms with Crippen molar-refractivity contribution in [3.05, 3.63) is 29.3 Å². The molecule has 0 heterocycles. The number of aromatic carboxylic acids is 1. The molecule has 0 radical (unpaired) electrons. The largest absolute Gasteiger partial charge is 0.478 e. The van der Waals surface area contributed by atoms with E-state index in [1.54, 1.807) is 33.0 Å². The normalized spacial score (nSPS) is 11.8. The number of aliphatic hydroxyl groups is 1. The van der Waals surface area contributed by atoms with E-state index < -0.39 is 18.1 Å². The fourth-order valence-electron chi connectivity index (χ4n) is 1.70. The van der Waals surface area contributed by atoms with Gasteiger partial charge in [0.15, 0.2) is 0 Å². The van der Waals surface area contributed by atoms with E-state index in [1.165, 1.54) is 11.0 Å². The SMILES string of the molecule is Cc1cccc(C(=O)O)c1NC(=O)N(C)CCC(C)O. The number of benzene rings is 1. The van der Waals surface area contributed by atoms with Crippen molar-refractivity contribution in [2.45, 2.75) is 26.4 Å². The molecule has 1 rings (SSSR count). The molecule has 0 fully saturated rings. The number of aliphatic hydroxyl groups excluding tert-OH is 1. The minimum Gasteiger partial charge on any atom is -0.478 e. The molecule has 3 N–H and O–H groups in total. The Morgan fingerprint density at radius 2 is 2.05 bits per heavy atom. The summed E-state index contributed by atoms with van der Waals surface area (Å²) >= 11 is 0. The van der Waals surface area contributed by atoms with Crippen LogP contribution in [0.1, 0.15) is 29.3 Å². The summed E-state index contributed by atoms with van der Waals surface area (Å²) in [5, 5.41) is 20.9. The van der Waals surface area contributed by atoms with Gasteiger partial charge in [0, 0.05) is 13.6 Å². The Morgan fingerprint density at radius 1 is 1.40 bits per heavy atom. The van der Waals surface area contributed by atoms with E-state index in [0.717, 1.165) is 0 Å². The monoisotopic (exact) mass is 280 g/mol. The molecule has 0 aromatic heterocycles. The topological polar surface area (TPSA) is 89.9 Å². The highest BCUT2D eigenvalue weighted by molar-refractivity contribution is 6.00. The number of aryl methyl sites for hydroxylation is 1. The van der Waals surface area contributed by atoms with Crippen LogP contribution in [-0.2, 0) is 0 Å². The third kappa shape index (κ3) is 4.24. The maximum atomic E-state index is 12.0. The summed E-state index contributed by atoms with van der Waals surface area (Å²) < 4.78 is 0. The third-order valence-electron chi connectivity index (χ3n) is 2.96. The van der Waals surface area contributed by atoms with E-state index in [9.17, 15) is 14.7 Å². The maximum absolute atomic E-state index is 12.0. The lowest BCUT2D eigenvalue weighted by atomic mass is 10.1. The third-order valence-corrected chi connectivity index (χ3v) is 2.96. The predicted octanol–water partition coefficient (Wildman–Crippen LogP) is 1.93. The number of rotatable bonds is 5. The summed E-state index contributed by atoms with van der Waals surface area (Å²) in [6, 6.07) is 4.41. The summed E-state index contributed by atoms with van der Waals surface area (Å²) in [4.78, 5) is 24.5. The van der Waals surface area contributed by atoms with Crippen molar-refractivity contribution in [1.29, 1.82) is 0 Å². The Morgan fingerprint density at radius 3 is 2.60 bits per heavy atom. The minimum absolute atomic E-state index is 0.0577. The van der Waals surface area contributed by atoms with E-state index in [1.807, 2.05) is 0 Å². The highest BCUT2D eigenvalue weighted by atomic mass is 16.4. The van der Waals surface area contributed by atoms with Crippen LogP contribution >= 0.6 is 0 Å². The standard InChI is InChI=1S/C14H20N2O4/c1-9-5-4-6-11(13(18)19)12(9)15-14(20)16(3)8-7-10(2)17/h4-6,10,17H,7-8H2,1-3H3,(H,15,20)(H,18,19). The lowest BCUT2D eigenvalue weighted by Crippen LogP contribution is -2.34. The van der Waals surface area contributed by atoms with Gasteiger partial charge in [0.05, 0.1) is 17.4 Å². The van der Waals surface area contributed by atoms with Crippen molar-refractivity contribution in [1.82, 2.24) is 4.90 Å². The van der Waals surface area contributed by atoms with Crippen LogP contribution < -0.4 is 5.32 Å². The van der Waals surface area contributed by atoms with Crippen LogP contribution in [-0.4, -0.2) is 46.8 Å². The van der Waals surface area contributed by atoms with Gasteiger partial charge >= 0.3 is 12.0 Å². The van der Waals surface area contributed by atoms with Gasteiger partial charge in [0.1, 0.15) is 0 Å². The maximum Gasteiger partial charge on any atom is 0.337 e. The molecular weight excluding hydrogens is 260 g/mol. The Hall–Kier alpha value is -2.08. The van der Waals surface area contributed by atoms with E-state index in [2.05, 4.69) is 5.32 Å². The summed E-state index contributed by atoms with van der Waals surface area (Å²) in [6.45, 7) is 3.77. The molecule has 0 spiro atoms. The molecule has 0 saturated carbocycles. The number of urea groups is 1. The van der Waals surface area contributed by atoms with E-state index >= 15 is 0 Å². The van der Waals surface area contributed by atoms with Crippen LogP contribution in [0.5, 0.6) is 0 Å². The van der Waals surface area contributed by atoms with Gasteiger partial charge in [-0.3, -0.25) is 0 Å². The van der Waals surface area contributed by atoms with Crippen molar-refractivity contribution in [3.8, 4) is 0 Å². The number of carboxylic acids is 1. The molecule has 1 unspecified atom stereocenters. The summed E-state index contributed by atoms with van der Waals surface area (Å²) in [7, 11) is 1.59. The van der Waals surface area contributed by atoms with E-state index in [4.69, 9.17) is 5.11 Å². The van der Waals surface area contributed by atoms with Gasteiger partial charge < -0.3 is 20.4 Å². The van der Waals surface area contributed by atoms with Gasteiger partial charge in [-0.2, -0.15) is 0 Å². The van der Waals surface area contributed by atoms with Gasteiger partial charge in [-0.15, -0.1) is 0 Å². The van der Waals surface area contributed by atoms with Gasteiger partial charge in [-0.25, -0.2) is 9.59 Å². The summed E-state index contributed by atoms with van der Waals surface area (Å²) in [6.07, 6.45) is -0.0259. The van der Waals surface area contributed by atoms with E-state index in [-0.39, 0.29) is 5.56 Å². The molecule has 20 heavy (non-hydrogen) atoms. The van der Waals surface area contributed by atoms with Crippen LogP contribution in [0.3, 0.4) is 0 Å². The quantitative estimate of drug-likeness (QED) is 0.768. The second-order valence-corrected chi connectivity index (χ2v) is 4.79. The van der Waals surface area contributed by atoms with Crippen molar-refractivity contribution < 1.29 is 19.8 Å². The number of hydrogen-bond acceptors (Lipinski definition) is 3. The molecule has 0 aliphatic carbocycles. The predicted molar refractivity (Wildman–Crippen MR) is 76.1 cm³/mol. The number of carbonyl (C=O) groups is 2. The molecule has 1 aromatic rings. The Balaban J connectivity index is 2.82. The van der Waals surface area contributed by atoms with Gasteiger partial charge in [-0.1, -0.05) is 12.1 Å². The lowest BCUT2D eigenvalue weighted by Gasteiger charge is -2.20. The molecule has 6 heteroatoms. The second kappa shape index (κ2) is 6.91. The zero-order chi connectivity index (χ0) is 15.3. The van der Waals surface area contributed by atoms with Crippen molar-refractivity contribution >= 4 is 17.7 Å². The van der Waals surface area contributed by atoms with Gasteiger partial charge in [0.2, 0.25) is 0 Å². The van der Waals surface area contributed by atoms with Gasteiger partial charge in [-0.05, 0) is 31.9 Å². The number of carbonyl (C=O) groups excluding carboxylic acids is 1. The molecule has 2 amide bonds. The zero-order valence-corrected chi connectivity index (χ0v) is 11.9. The number of carboxylic acid groups (broad SMARTS) is 1. The number of para-hydroxylation sites is 1. The average Bonchev–Trinajstić information content (AvgIpc) is 2.37. The lowest BCUT2D eigenvalue weighted by molar-refractivity contribution is 0.0698. The Labute approximate surface area is 118 Å². The second-order valence-electron chi connectivity index (χ2n) is 4.79.